The van der Waals surface area contributed by atoms with Crippen LogP contribution in [-0.2, 0) is 9.59 Å². The van der Waals surface area contributed by atoms with Crippen molar-refractivity contribution >= 4 is 29.3 Å². The first-order valence-electron chi connectivity index (χ1n) is 9.45. The number of piperazine rings is 1. The van der Waals surface area contributed by atoms with Crippen molar-refractivity contribution in [2.45, 2.75) is 11.3 Å². The highest BCUT2D eigenvalue weighted by molar-refractivity contribution is 8.00. The van der Waals surface area contributed by atoms with E-state index in [-0.39, 0.29) is 30.5 Å². The van der Waals surface area contributed by atoms with Crippen molar-refractivity contribution in [2.75, 3.05) is 43.4 Å². The molecule has 3 rings (SSSR count). The van der Waals surface area contributed by atoms with Gasteiger partial charge in [-0.15, -0.1) is 11.8 Å². The van der Waals surface area contributed by atoms with Crippen molar-refractivity contribution in [3.63, 3.8) is 0 Å². The zero-order chi connectivity index (χ0) is 20.6. The molecule has 0 unspecified atom stereocenters. The number of nitrogens with one attached hydrogen (secondary N) is 1. The molecule has 2 aromatic carbocycles. The van der Waals surface area contributed by atoms with E-state index in [2.05, 4.69) is 22.3 Å². The summed E-state index contributed by atoms with van der Waals surface area (Å²) in [6, 6.07) is 13.6. The van der Waals surface area contributed by atoms with Crippen LogP contribution in [-0.4, -0.2) is 55.2 Å². The summed E-state index contributed by atoms with van der Waals surface area (Å²) in [5.41, 5.74) is 1.16. The fourth-order valence-electron chi connectivity index (χ4n) is 3.09. The van der Waals surface area contributed by atoms with Gasteiger partial charge in [0.25, 0.3) is 0 Å². The van der Waals surface area contributed by atoms with Crippen molar-refractivity contribution in [1.29, 1.82) is 0 Å². The van der Waals surface area contributed by atoms with Gasteiger partial charge in [-0.1, -0.05) is 18.2 Å². The number of rotatable bonds is 7. The Hall–Kier alpha value is -2.61. The number of halogens is 2. The summed E-state index contributed by atoms with van der Waals surface area (Å²) in [5.74, 6) is -2.00. The number of anilines is 1. The lowest BCUT2D eigenvalue weighted by atomic mass is 10.2. The molecular weight excluding hydrogens is 396 g/mol. The van der Waals surface area contributed by atoms with Crippen LogP contribution < -0.4 is 10.2 Å². The predicted octanol–water partition coefficient (Wildman–Crippen LogP) is 2.91. The first-order chi connectivity index (χ1) is 14.0. The van der Waals surface area contributed by atoms with E-state index in [9.17, 15) is 18.4 Å². The maximum atomic E-state index is 13.2. The van der Waals surface area contributed by atoms with Gasteiger partial charge in [-0.25, -0.2) is 8.78 Å². The van der Waals surface area contributed by atoms with Crippen LogP contribution in [0.2, 0.25) is 0 Å². The standard InChI is InChI=1S/C21H23F2N3O2S/c22-18-7-6-17(14-19(18)23)29-15-20(27)24-9-8-21(28)26-12-10-25(11-13-26)16-4-2-1-3-5-16/h1-7,14H,8-13,15H2,(H,24,27). The molecule has 1 heterocycles. The van der Waals surface area contributed by atoms with Gasteiger partial charge in [-0.2, -0.15) is 0 Å². The molecule has 0 spiro atoms. The van der Waals surface area contributed by atoms with Crippen LogP contribution in [0, 0.1) is 11.6 Å². The summed E-state index contributed by atoms with van der Waals surface area (Å²) in [6.07, 6.45) is 0.243. The Labute approximate surface area is 173 Å². The third-order valence-corrected chi connectivity index (χ3v) is 5.67. The molecule has 0 bridgehead atoms. The Bertz CT molecular complexity index is 843. The Morgan fingerprint density at radius 3 is 2.38 bits per heavy atom. The second kappa shape index (κ2) is 10.2. The van der Waals surface area contributed by atoms with Crippen LogP contribution in [0.25, 0.3) is 0 Å². The average Bonchev–Trinajstić information content (AvgIpc) is 2.75. The molecule has 8 heteroatoms. The molecule has 2 amide bonds. The van der Waals surface area contributed by atoms with Gasteiger partial charge in [0.2, 0.25) is 11.8 Å². The summed E-state index contributed by atoms with van der Waals surface area (Å²) in [5, 5.41) is 2.70. The summed E-state index contributed by atoms with van der Waals surface area (Å²) in [4.78, 5) is 28.8. The second-order valence-electron chi connectivity index (χ2n) is 6.67. The number of hydrogen-bond donors (Lipinski definition) is 1. The van der Waals surface area contributed by atoms with Gasteiger partial charge in [0.05, 0.1) is 5.75 Å². The minimum Gasteiger partial charge on any atom is -0.368 e. The highest BCUT2D eigenvalue weighted by Crippen LogP contribution is 2.20. The summed E-state index contributed by atoms with van der Waals surface area (Å²) < 4.78 is 26.1. The molecule has 0 aliphatic carbocycles. The zero-order valence-corrected chi connectivity index (χ0v) is 16.8. The second-order valence-corrected chi connectivity index (χ2v) is 7.72. The van der Waals surface area contributed by atoms with E-state index in [0.717, 1.165) is 42.7 Å². The third kappa shape index (κ3) is 6.19. The van der Waals surface area contributed by atoms with E-state index >= 15 is 0 Å². The number of thioether (sulfide) groups is 1. The minimum atomic E-state index is -0.937. The SMILES string of the molecule is O=C(CSc1ccc(F)c(F)c1)NCCC(=O)N1CCN(c2ccccc2)CC1. The van der Waals surface area contributed by atoms with Crippen LogP contribution >= 0.6 is 11.8 Å². The summed E-state index contributed by atoms with van der Waals surface area (Å²) in [7, 11) is 0. The van der Waals surface area contributed by atoms with Crippen LogP contribution in [0.1, 0.15) is 6.42 Å². The molecular formula is C21H23F2N3O2S. The fraction of sp³-hybridized carbons (Fsp3) is 0.333. The lowest BCUT2D eigenvalue weighted by molar-refractivity contribution is -0.131. The highest BCUT2D eigenvalue weighted by Gasteiger charge is 2.21. The Kier molecular flexibility index (Phi) is 7.46. The van der Waals surface area contributed by atoms with E-state index in [4.69, 9.17) is 0 Å². The van der Waals surface area contributed by atoms with Gasteiger partial charge < -0.3 is 15.1 Å². The summed E-state index contributed by atoms with van der Waals surface area (Å²) in [6.45, 7) is 3.15. The number of amides is 2. The summed E-state index contributed by atoms with van der Waals surface area (Å²) >= 11 is 1.12. The zero-order valence-electron chi connectivity index (χ0n) is 15.9. The quantitative estimate of drug-likeness (QED) is 0.702. The van der Waals surface area contributed by atoms with E-state index < -0.39 is 11.6 Å². The van der Waals surface area contributed by atoms with Gasteiger partial charge in [-0.3, -0.25) is 9.59 Å². The lowest BCUT2D eigenvalue weighted by Crippen LogP contribution is -2.49. The van der Waals surface area contributed by atoms with Crippen LogP contribution in [0.15, 0.2) is 53.4 Å². The maximum Gasteiger partial charge on any atom is 0.230 e. The molecule has 0 radical (unpaired) electrons. The number of hydrogen-bond acceptors (Lipinski definition) is 4. The molecule has 1 aliphatic heterocycles. The van der Waals surface area contributed by atoms with Crippen molar-refractivity contribution in [2.24, 2.45) is 0 Å². The van der Waals surface area contributed by atoms with E-state index in [1.165, 1.54) is 6.07 Å². The van der Waals surface area contributed by atoms with E-state index in [1.807, 2.05) is 23.1 Å². The van der Waals surface area contributed by atoms with Gasteiger partial charge in [-0.05, 0) is 30.3 Å². The number of nitrogens with zero attached hydrogens (tertiary/aromatic N) is 2. The molecule has 154 valence electrons. The molecule has 2 aromatic rings. The van der Waals surface area contributed by atoms with Gasteiger partial charge in [0.15, 0.2) is 11.6 Å². The number of carbonyl (C=O) groups is 2. The van der Waals surface area contributed by atoms with Crippen molar-refractivity contribution in [3.8, 4) is 0 Å². The van der Waals surface area contributed by atoms with Crippen molar-refractivity contribution in [3.05, 3.63) is 60.2 Å². The van der Waals surface area contributed by atoms with Gasteiger partial charge >= 0.3 is 0 Å². The minimum absolute atomic E-state index is 0.0197. The van der Waals surface area contributed by atoms with E-state index in [1.54, 1.807) is 0 Å². The molecule has 1 N–H and O–H groups in total. The van der Waals surface area contributed by atoms with Gasteiger partial charge in [0.1, 0.15) is 0 Å². The van der Waals surface area contributed by atoms with Gasteiger partial charge in [0, 0.05) is 49.7 Å². The van der Waals surface area contributed by atoms with Crippen LogP contribution in [0.5, 0.6) is 0 Å². The molecule has 0 atom stereocenters. The number of para-hydroxylation sites is 1. The molecule has 29 heavy (non-hydrogen) atoms. The predicted molar refractivity (Wildman–Crippen MR) is 110 cm³/mol. The van der Waals surface area contributed by atoms with Crippen molar-refractivity contribution < 1.29 is 18.4 Å². The average molecular weight is 419 g/mol. The Morgan fingerprint density at radius 1 is 0.966 bits per heavy atom. The maximum absolute atomic E-state index is 13.2. The Morgan fingerprint density at radius 2 is 1.69 bits per heavy atom. The fourth-order valence-corrected chi connectivity index (χ4v) is 3.84. The lowest BCUT2D eigenvalue weighted by Gasteiger charge is -2.36. The van der Waals surface area contributed by atoms with Crippen LogP contribution in [0.4, 0.5) is 14.5 Å². The molecule has 1 aliphatic rings. The van der Waals surface area contributed by atoms with E-state index in [0.29, 0.717) is 18.0 Å². The molecule has 0 aromatic heterocycles. The first kappa shape index (κ1) is 21.1. The number of carbonyl (C=O) groups excluding carboxylic acids is 2. The molecule has 1 saturated heterocycles. The monoisotopic (exact) mass is 419 g/mol. The first-order valence-corrected chi connectivity index (χ1v) is 10.4. The third-order valence-electron chi connectivity index (χ3n) is 4.68. The largest absolute Gasteiger partial charge is 0.368 e. The Balaban J connectivity index is 1.33. The highest BCUT2D eigenvalue weighted by atomic mass is 32.2. The molecule has 5 nitrogen and oxygen atoms in total. The van der Waals surface area contributed by atoms with Crippen LogP contribution in [0.3, 0.4) is 0 Å². The number of benzene rings is 2. The topological polar surface area (TPSA) is 52.7 Å². The smallest absolute Gasteiger partial charge is 0.230 e. The normalized spacial score (nSPS) is 14.0. The molecule has 0 saturated carbocycles. The van der Waals surface area contributed by atoms with Crippen molar-refractivity contribution in [1.82, 2.24) is 10.2 Å². The molecule has 1 fully saturated rings.